The highest BCUT2D eigenvalue weighted by Gasteiger charge is 2.13. The zero-order valence-electron chi connectivity index (χ0n) is 12.6. The Labute approximate surface area is 150 Å². The molecular weight excluding hydrogens is 369 g/mol. The molecule has 0 atom stereocenters. The number of aromatic hydroxyl groups is 1. The third-order valence-corrected chi connectivity index (χ3v) is 4.22. The van der Waals surface area contributed by atoms with Gasteiger partial charge in [0.1, 0.15) is 11.6 Å². The molecule has 0 saturated carbocycles. The van der Waals surface area contributed by atoms with Gasteiger partial charge in [-0.2, -0.15) is 4.68 Å². The molecule has 0 radical (unpaired) electrons. The molecule has 0 aliphatic rings. The smallest absolute Gasteiger partial charge is 0.234 e. The Kier molecular flexibility index (Phi) is 5.15. The number of phenolic OH excluding ortho intramolecular Hbond substituents is 1. The average molecular weight is 380 g/mol. The molecule has 25 heavy (non-hydrogen) atoms. The number of tetrazole rings is 1. The van der Waals surface area contributed by atoms with Crippen molar-refractivity contribution in [3.63, 3.8) is 0 Å². The molecule has 0 unspecified atom stereocenters. The number of hydrogen-bond acceptors (Lipinski definition) is 6. The Hall–Kier alpha value is -2.65. The molecule has 1 amide bonds. The number of benzene rings is 2. The van der Waals surface area contributed by atoms with Gasteiger partial charge < -0.3 is 10.4 Å². The number of nitrogens with one attached hydrogen (secondary N) is 1. The van der Waals surface area contributed by atoms with E-state index in [1.165, 1.54) is 35.0 Å². The van der Waals surface area contributed by atoms with Crippen molar-refractivity contribution in [1.29, 1.82) is 0 Å². The molecule has 0 bridgehead atoms. The first-order valence-electron chi connectivity index (χ1n) is 6.98. The van der Waals surface area contributed by atoms with Gasteiger partial charge in [-0.1, -0.05) is 23.4 Å². The molecule has 2 aromatic carbocycles. The molecule has 0 aliphatic carbocycles. The lowest BCUT2D eigenvalue weighted by Crippen LogP contribution is -2.15. The lowest BCUT2D eigenvalue weighted by molar-refractivity contribution is -0.113. The summed E-state index contributed by atoms with van der Waals surface area (Å²) in [6.45, 7) is 0. The molecule has 0 saturated heterocycles. The SMILES string of the molecule is O=C(CSc1nnnn1-c1ccc(O)cc1)Nc1cc(Cl)ccc1F. The van der Waals surface area contributed by atoms with Crippen LogP contribution in [0.15, 0.2) is 47.6 Å². The van der Waals surface area contributed by atoms with Crippen molar-refractivity contribution >= 4 is 35.0 Å². The number of amides is 1. The largest absolute Gasteiger partial charge is 0.508 e. The van der Waals surface area contributed by atoms with E-state index in [4.69, 9.17) is 11.6 Å². The zero-order valence-corrected chi connectivity index (χ0v) is 14.1. The number of rotatable bonds is 5. The van der Waals surface area contributed by atoms with Crippen molar-refractivity contribution in [2.24, 2.45) is 0 Å². The van der Waals surface area contributed by atoms with Crippen LogP contribution in [0, 0.1) is 5.82 Å². The van der Waals surface area contributed by atoms with Crippen molar-refractivity contribution in [3.8, 4) is 11.4 Å². The molecule has 7 nitrogen and oxygen atoms in total. The first kappa shape index (κ1) is 17.2. The molecule has 0 spiro atoms. The molecule has 2 N–H and O–H groups in total. The molecule has 3 aromatic rings. The number of carbonyl (C=O) groups is 1. The fraction of sp³-hybridized carbons (Fsp3) is 0.0667. The van der Waals surface area contributed by atoms with Gasteiger partial charge in [0.05, 0.1) is 17.1 Å². The molecular formula is C15H11ClFN5O2S. The summed E-state index contributed by atoms with van der Waals surface area (Å²) in [7, 11) is 0. The molecule has 0 aliphatic heterocycles. The summed E-state index contributed by atoms with van der Waals surface area (Å²) in [5.74, 6) is -0.901. The zero-order chi connectivity index (χ0) is 17.8. The van der Waals surface area contributed by atoms with Crippen LogP contribution in [0.2, 0.25) is 5.02 Å². The molecule has 3 rings (SSSR count). The predicted molar refractivity (Wildman–Crippen MR) is 91.6 cm³/mol. The minimum Gasteiger partial charge on any atom is -0.508 e. The summed E-state index contributed by atoms with van der Waals surface area (Å²) < 4.78 is 15.1. The molecule has 0 fully saturated rings. The van der Waals surface area contributed by atoms with Gasteiger partial charge in [-0.3, -0.25) is 4.79 Å². The van der Waals surface area contributed by atoms with E-state index in [1.54, 1.807) is 12.1 Å². The van der Waals surface area contributed by atoms with Gasteiger partial charge in [0, 0.05) is 5.02 Å². The molecule has 10 heteroatoms. The highest BCUT2D eigenvalue weighted by atomic mass is 35.5. The normalized spacial score (nSPS) is 10.6. The van der Waals surface area contributed by atoms with Crippen LogP contribution in [-0.2, 0) is 4.79 Å². The number of halogens is 2. The number of thioether (sulfide) groups is 1. The molecule has 1 aromatic heterocycles. The van der Waals surface area contributed by atoms with Crippen molar-refractivity contribution in [2.45, 2.75) is 5.16 Å². The number of aromatic nitrogens is 4. The van der Waals surface area contributed by atoms with Crippen molar-refractivity contribution < 1.29 is 14.3 Å². The third kappa shape index (κ3) is 4.25. The first-order valence-corrected chi connectivity index (χ1v) is 8.35. The van der Waals surface area contributed by atoms with E-state index in [-0.39, 0.29) is 17.2 Å². The van der Waals surface area contributed by atoms with Crippen LogP contribution in [0.25, 0.3) is 5.69 Å². The van der Waals surface area contributed by atoms with E-state index in [9.17, 15) is 14.3 Å². The third-order valence-electron chi connectivity index (χ3n) is 3.07. The van der Waals surface area contributed by atoms with E-state index >= 15 is 0 Å². The maximum atomic E-state index is 13.6. The minimum absolute atomic E-state index is 0.0104. The van der Waals surface area contributed by atoms with Gasteiger partial charge in [-0.25, -0.2) is 4.39 Å². The van der Waals surface area contributed by atoms with E-state index in [0.717, 1.165) is 11.8 Å². The molecule has 128 valence electrons. The van der Waals surface area contributed by atoms with E-state index in [2.05, 4.69) is 20.8 Å². The standard InChI is InChI=1S/C15H11ClFN5O2S/c16-9-1-6-12(17)13(7-9)18-14(24)8-25-15-19-20-21-22(15)10-2-4-11(23)5-3-10/h1-7,23H,8H2,(H,18,24). The number of carbonyl (C=O) groups excluding carboxylic acids is 1. The van der Waals surface area contributed by atoms with Crippen LogP contribution in [-0.4, -0.2) is 37.0 Å². The number of hydrogen-bond donors (Lipinski definition) is 2. The van der Waals surface area contributed by atoms with Gasteiger partial charge in [-0.15, -0.1) is 5.10 Å². The Balaban J connectivity index is 1.66. The van der Waals surface area contributed by atoms with Crippen molar-refractivity contribution in [2.75, 3.05) is 11.1 Å². The Morgan fingerprint density at radius 3 is 2.80 bits per heavy atom. The summed E-state index contributed by atoms with van der Waals surface area (Å²) in [5, 5.41) is 23.8. The fourth-order valence-electron chi connectivity index (χ4n) is 1.93. The lowest BCUT2D eigenvalue weighted by Gasteiger charge is -2.07. The summed E-state index contributed by atoms with van der Waals surface area (Å²) in [6.07, 6.45) is 0. The second kappa shape index (κ2) is 7.49. The first-order chi connectivity index (χ1) is 12.0. The van der Waals surface area contributed by atoms with E-state index in [1.807, 2.05) is 0 Å². The van der Waals surface area contributed by atoms with Crippen LogP contribution >= 0.6 is 23.4 Å². The number of phenols is 1. The Morgan fingerprint density at radius 1 is 1.28 bits per heavy atom. The van der Waals surface area contributed by atoms with Crippen LogP contribution < -0.4 is 5.32 Å². The quantitative estimate of drug-likeness (QED) is 0.662. The van der Waals surface area contributed by atoms with E-state index < -0.39 is 11.7 Å². The minimum atomic E-state index is -0.573. The van der Waals surface area contributed by atoms with Gasteiger partial charge in [0.25, 0.3) is 0 Å². The summed E-state index contributed by atoms with van der Waals surface area (Å²) in [5.41, 5.74) is 0.642. The lowest BCUT2D eigenvalue weighted by atomic mass is 10.3. The Bertz CT molecular complexity index is 903. The summed E-state index contributed by atoms with van der Waals surface area (Å²) in [4.78, 5) is 12.0. The van der Waals surface area contributed by atoms with Gasteiger partial charge in [0.15, 0.2) is 0 Å². The van der Waals surface area contributed by atoms with Crippen LogP contribution in [0.4, 0.5) is 10.1 Å². The van der Waals surface area contributed by atoms with E-state index in [0.29, 0.717) is 15.9 Å². The second-order valence-electron chi connectivity index (χ2n) is 4.85. The van der Waals surface area contributed by atoms with Crippen LogP contribution in [0.3, 0.4) is 0 Å². The number of nitrogens with zero attached hydrogens (tertiary/aromatic N) is 4. The summed E-state index contributed by atoms with van der Waals surface area (Å²) >= 11 is 6.87. The highest BCUT2D eigenvalue weighted by molar-refractivity contribution is 7.99. The Morgan fingerprint density at radius 2 is 2.04 bits per heavy atom. The maximum Gasteiger partial charge on any atom is 0.234 e. The van der Waals surface area contributed by atoms with Crippen molar-refractivity contribution in [3.05, 3.63) is 53.3 Å². The second-order valence-corrected chi connectivity index (χ2v) is 6.23. The van der Waals surface area contributed by atoms with Crippen LogP contribution in [0.1, 0.15) is 0 Å². The van der Waals surface area contributed by atoms with Crippen molar-refractivity contribution in [1.82, 2.24) is 20.2 Å². The summed E-state index contributed by atoms with van der Waals surface area (Å²) in [6, 6.07) is 10.2. The predicted octanol–water partition coefficient (Wildman–Crippen LogP) is 2.89. The monoisotopic (exact) mass is 379 g/mol. The highest BCUT2D eigenvalue weighted by Crippen LogP contribution is 2.22. The van der Waals surface area contributed by atoms with Gasteiger partial charge >= 0.3 is 0 Å². The van der Waals surface area contributed by atoms with Gasteiger partial charge in [-0.05, 0) is 52.9 Å². The van der Waals surface area contributed by atoms with Gasteiger partial charge in [0.2, 0.25) is 11.1 Å². The average Bonchev–Trinajstić information content (AvgIpc) is 3.05. The topological polar surface area (TPSA) is 92.9 Å². The maximum absolute atomic E-state index is 13.6. The number of anilines is 1. The molecule has 1 heterocycles. The fourth-order valence-corrected chi connectivity index (χ4v) is 2.80. The van der Waals surface area contributed by atoms with Crippen LogP contribution in [0.5, 0.6) is 5.75 Å².